The first-order valence-corrected chi connectivity index (χ1v) is 6.25. The third-order valence-electron chi connectivity index (χ3n) is 2.10. The highest BCUT2D eigenvalue weighted by atomic mass is 79.9. The molecule has 0 atom stereocenters. The van der Waals surface area contributed by atoms with Crippen LogP contribution in [0, 0.1) is 0 Å². The molecule has 84 valence electrons. The van der Waals surface area contributed by atoms with Crippen molar-refractivity contribution in [3.8, 4) is 5.75 Å². The first-order chi connectivity index (χ1) is 7.36. The molecule has 0 amide bonds. The number of methoxy groups -OCH3 is 1. The van der Waals surface area contributed by atoms with Gasteiger partial charge in [0, 0.05) is 11.9 Å². The zero-order valence-corrected chi connectivity index (χ0v) is 10.6. The van der Waals surface area contributed by atoms with E-state index >= 15 is 0 Å². The van der Waals surface area contributed by atoms with Gasteiger partial charge in [0.1, 0.15) is 5.75 Å². The van der Waals surface area contributed by atoms with Crippen LogP contribution in [-0.4, -0.2) is 19.0 Å². The van der Waals surface area contributed by atoms with Crippen LogP contribution in [0.5, 0.6) is 5.75 Å². The van der Waals surface area contributed by atoms with Crippen LogP contribution in [0.3, 0.4) is 0 Å². The van der Waals surface area contributed by atoms with Gasteiger partial charge < -0.3 is 9.47 Å². The lowest BCUT2D eigenvalue weighted by molar-refractivity contribution is 0.118. The van der Waals surface area contributed by atoms with Crippen LogP contribution in [0.15, 0.2) is 24.3 Å². The highest BCUT2D eigenvalue weighted by molar-refractivity contribution is 9.09. The summed E-state index contributed by atoms with van der Waals surface area (Å²) >= 11 is 3.39. The number of hydrogen-bond acceptors (Lipinski definition) is 2. The van der Waals surface area contributed by atoms with E-state index in [1.54, 1.807) is 7.11 Å². The minimum absolute atomic E-state index is 0.687. The molecule has 0 aliphatic carbocycles. The molecule has 0 bridgehead atoms. The van der Waals surface area contributed by atoms with Crippen LogP contribution < -0.4 is 4.74 Å². The summed E-state index contributed by atoms with van der Waals surface area (Å²) in [6.07, 6.45) is 2.28. The van der Waals surface area contributed by atoms with Gasteiger partial charge in [-0.15, -0.1) is 0 Å². The third kappa shape index (κ3) is 5.19. The van der Waals surface area contributed by atoms with Gasteiger partial charge in [0.25, 0.3) is 0 Å². The molecule has 0 aliphatic rings. The standard InChI is InChI=1S/C12H17BrO2/c1-14-12-6-4-11(5-7-12)10-15-9-3-2-8-13/h4-7H,2-3,8-10H2,1H3. The smallest absolute Gasteiger partial charge is 0.118 e. The Morgan fingerprint density at radius 3 is 2.47 bits per heavy atom. The molecule has 0 fully saturated rings. The fourth-order valence-electron chi connectivity index (χ4n) is 1.21. The third-order valence-corrected chi connectivity index (χ3v) is 2.66. The predicted octanol–water partition coefficient (Wildman–Crippen LogP) is 3.39. The van der Waals surface area contributed by atoms with E-state index < -0.39 is 0 Å². The highest BCUT2D eigenvalue weighted by Gasteiger charge is 1.94. The largest absolute Gasteiger partial charge is 0.497 e. The van der Waals surface area contributed by atoms with E-state index in [0.29, 0.717) is 6.61 Å². The summed E-state index contributed by atoms with van der Waals surface area (Å²) in [6.45, 7) is 1.52. The van der Waals surface area contributed by atoms with E-state index in [4.69, 9.17) is 9.47 Å². The molecule has 0 heterocycles. The summed E-state index contributed by atoms with van der Waals surface area (Å²) in [5.74, 6) is 0.887. The van der Waals surface area contributed by atoms with Gasteiger partial charge in [-0.1, -0.05) is 28.1 Å². The van der Waals surface area contributed by atoms with Crippen molar-refractivity contribution < 1.29 is 9.47 Å². The number of hydrogen-bond donors (Lipinski definition) is 0. The lowest BCUT2D eigenvalue weighted by Crippen LogP contribution is -1.95. The van der Waals surface area contributed by atoms with Gasteiger partial charge in [-0.3, -0.25) is 0 Å². The molecule has 0 saturated heterocycles. The molecule has 0 radical (unpaired) electrons. The topological polar surface area (TPSA) is 18.5 Å². The van der Waals surface area contributed by atoms with Crippen molar-refractivity contribution in [1.82, 2.24) is 0 Å². The van der Waals surface area contributed by atoms with Crippen LogP contribution in [0.25, 0.3) is 0 Å². The van der Waals surface area contributed by atoms with Gasteiger partial charge in [0.15, 0.2) is 0 Å². The maximum Gasteiger partial charge on any atom is 0.118 e. The number of alkyl halides is 1. The molecule has 0 N–H and O–H groups in total. The fourth-order valence-corrected chi connectivity index (χ4v) is 1.61. The summed E-state index contributed by atoms with van der Waals surface area (Å²) in [5.41, 5.74) is 1.19. The normalized spacial score (nSPS) is 10.3. The molecule has 0 aliphatic heterocycles. The molecule has 0 aromatic heterocycles. The van der Waals surface area contributed by atoms with Gasteiger partial charge >= 0.3 is 0 Å². The minimum atomic E-state index is 0.687. The lowest BCUT2D eigenvalue weighted by Gasteiger charge is -2.04. The monoisotopic (exact) mass is 272 g/mol. The first kappa shape index (κ1) is 12.5. The molecule has 3 heteroatoms. The molecule has 1 rings (SSSR count). The van der Waals surface area contributed by atoms with Crippen molar-refractivity contribution >= 4 is 15.9 Å². The second kappa shape index (κ2) is 7.71. The van der Waals surface area contributed by atoms with Crippen LogP contribution in [0.4, 0.5) is 0 Å². The van der Waals surface area contributed by atoms with Crippen LogP contribution in [0.2, 0.25) is 0 Å². The van der Waals surface area contributed by atoms with Crippen LogP contribution >= 0.6 is 15.9 Å². The van der Waals surface area contributed by atoms with E-state index in [-0.39, 0.29) is 0 Å². The second-order valence-electron chi connectivity index (χ2n) is 3.30. The molecule has 0 spiro atoms. The number of halogens is 1. The van der Waals surface area contributed by atoms with Crippen molar-refractivity contribution in [1.29, 1.82) is 0 Å². The van der Waals surface area contributed by atoms with Gasteiger partial charge in [0.05, 0.1) is 13.7 Å². The molecule has 1 aromatic rings. The van der Waals surface area contributed by atoms with Crippen molar-refractivity contribution in [2.45, 2.75) is 19.4 Å². The van der Waals surface area contributed by atoms with Gasteiger partial charge in [-0.2, -0.15) is 0 Å². The van der Waals surface area contributed by atoms with Crippen LogP contribution in [-0.2, 0) is 11.3 Å². The van der Waals surface area contributed by atoms with E-state index in [1.165, 1.54) is 12.0 Å². The maximum atomic E-state index is 5.53. The second-order valence-corrected chi connectivity index (χ2v) is 4.09. The molecule has 15 heavy (non-hydrogen) atoms. The van der Waals surface area contributed by atoms with E-state index in [0.717, 1.165) is 24.1 Å². The van der Waals surface area contributed by atoms with E-state index in [9.17, 15) is 0 Å². The number of rotatable bonds is 7. The molecule has 2 nitrogen and oxygen atoms in total. The summed E-state index contributed by atoms with van der Waals surface area (Å²) in [7, 11) is 1.67. The SMILES string of the molecule is COc1ccc(COCCCCBr)cc1. The summed E-state index contributed by atoms with van der Waals surface area (Å²) in [4.78, 5) is 0. The zero-order valence-electron chi connectivity index (χ0n) is 9.04. The molecular formula is C12H17BrO2. The van der Waals surface area contributed by atoms with Crippen LogP contribution in [0.1, 0.15) is 18.4 Å². The van der Waals surface area contributed by atoms with E-state index in [2.05, 4.69) is 15.9 Å². The highest BCUT2D eigenvalue weighted by Crippen LogP contribution is 2.12. The molecule has 1 aromatic carbocycles. The number of unbranched alkanes of at least 4 members (excludes halogenated alkanes) is 1. The Bertz CT molecular complexity index is 259. The summed E-state index contributed by atoms with van der Waals surface area (Å²) in [5, 5.41) is 1.05. The quantitative estimate of drug-likeness (QED) is 0.560. The summed E-state index contributed by atoms with van der Waals surface area (Å²) in [6, 6.07) is 7.97. The Labute approximate surface area is 99.7 Å². The number of benzene rings is 1. The Morgan fingerprint density at radius 2 is 1.87 bits per heavy atom. The first-order valence-electron chi connectivity index (χ1n) is 5.13. The summed E-state index contributed by atoms with van der Waals surface area (Å²) < 4.78 is 10.6. The Kier molecular flexibility index (Phi) is 6.44. The molecular weight excluding hydrogens is 256 g/mol. The van der Waals surface area contributed by atoms with Crippen molar-refractivity contribution in [3.05, 3.63) is 29.8 Å². The molecule has 0 unspecified atom stereocenters. The fraction of sp³-hybridized carbons (Fsp3) is 0.500. The van der Waals surface area contributed by atoms with Gasteiger partial charge in [-0.25, -0.2) is 0 Å². The van der Waals surface area contributed by atoms with Crippen molar-refractivity contribution in [3.63, 3.8) is 0 Å². The predicted molar refractivity (Wildman–Crippen MR) is 65.7 cm³/mol. The Hall–Kier alpha value is -0.540. The number of ether oxygens (including phenoxy) is 2. The van der Waals surface area contributed by atoms with Gasteiger partial charge in [-0.05, 0) is 30.5 Å². The van der Waals surface area contributed by atoms with E-state index in [1.807, 2.05) is 24.3 Å². The molecule has 0 saturated carbocycles. The average molecular weight is 273 g/mol. The van der Waals surface area contributed by atoms with Crippen molar-refractivity contribution in [2.24, 2.45) is 0 Å². The van der Waals surface area contributed by atoms with Gasteiger partial charge in [0.2, 0.25) is 0 Å². The van der Waals surface area contributed by atoms with Crippen molar-refractivity contribution in [2.75, 3.05) is 19.0 Å². The lowest BCUT2D eigenvalue weighted by atomic mass is 10.2. The Balaban J connectivity index is 2.20. The Morgan fingerprint density at radius 1 is 1.13 bits per heavy atom. The minimum Gasteiger partial charge on any atom is -0.497 e. The average Bonchev–Trinajstić information content (AvgIpc) is 2.30. The zero-order chi connectivity index (χ0) is 10.9. The maximum absolute atomic E-state index is 5.53.